The third kappa shape index (κ3) is 3.92. The highest BCUT2D eigenvalue weighted by Crippen LogP contribution is 2.32. The minimum absolute atomic E-state index is 0.149. The van der Waals surface area contributed by atoms with Crippen LogP contribution in [0.15, 0.2) is 71.2 Å². The molecule has 1 unspecified atom stereocenters. The Bertz CT molecular complexity index is 697. The zero-order valence-corrected chi connectivity index (χ0v) is 13.3. The van der Waals surface area contributed by atoms with Gasteiger partial charge in [0.05, 0.1) is 12.2 Å². The smallest absolute Gasteiger partial charge is 0.333 e. The van der Waals surface area contributed by atoms with Crippen molar-refractivity contribution in [3.05, 3.63) is 76.7 Å². The Balaban J connectivity index is 2.51. The molecule has 0 aromatic heterocycles. The van der Waals surface area contributed by atoms with Gasteiger partial charge in [-0.2, -0.15) is 0 Å². The molecular formula is C19H21NO3. The first-order valence-corrected chi connectivity index (χ1v) is 7.52. The van der Waals surface area contributed by atoms with E-state index in [1.165, 1.54) is 6.92 Å². The van der Waals surface area contributed by atoms with Crippen molar-refractivity contribution in [2.24, 2.45) is 11.7 Å². The second kappa shape index (κ2) is 7.49. The van der Waals surface area contributed by atoms with Gasteiger partial charge in [0, 0.05) is 17.2 Å². The van der Waals surface area contributed by atoms with Crippen LogP contribution in [0.2, 0.25) is 0 Å². The van der Waals surface area contributed by atoms with Gasteiger partial charge in [0.25, 0.3) is 0 Å². The summed E-state index contributed by atoms with van der Waals surface area (Å²) in [6.45, 7) is 3.96. The summed E-state index contributed by atoms with van der Waals surface area (Å²) in [6.07, 6.45) is 7.59. The Morgan fingerprint density at radius 2 is 2.04 bits per heavy atom. The SMILES string of the molecule is CCOC1=CC=CC(C(N)=C(C)C(=O)O)C1=Cc1ccccc1. The molecule has 0 bridgehead atoms. The molecule has 1 atom stereocenters. The number of allylic oxidation sites excluding steroid dienone is 4. The molecule has 1 aromatic carbocycles. The Hall–Kier alpha value is -2.75. The molecular weight excluding hydrogens is 290 g/mol. The fourth-order valence-corrected chi connectivity index (χ4v) is 2.41. The van der Waals surface area contributed by atoms with Crippen LogP contribution in [0.4, 0.5) is 0 Å². The maximum absolute atomic E-state index is 11.2. The minimum atomic E-state index is -1.01. The first-order valence-electron chi connectivity index (χ1n) is 7.52. The van der Waals surface area contributed by atoms with Crippen molar-refractivity contribution < 1.29 is 14.6 Å². The van der Waals surface area contributed by atoms with E-state index in [1.54, 1.807) is 0 Å². The summed E-state index contributed by atoms with van der Waals surface area (Å²) >= 11 is 0. The molecule has 0 fully saturated rings. The molecule has 1 aliphatic rings. The molecule has 4 nitrogen and oxygen atoms in total. The van der Waals surface area contributed by atoms with Gasteiger partial charge in [-0.15, -0.1) is 0 Å². The molecule has 0 aliphatic heterocycles. The maximum Gasteiger partial charge on any atom is 0.333 e. The lowest BCUT2D eigenvalue weighted by atomic mass is 9.87. The van der Waals surface area contributed by atoms with Gasteiger partial charge in [-0.25, -0.2) is 4.79 Å². The van der Waals surface area contributed by atoms with Gasteiger partial charge >= 0.3 is 5.97 Å². The molecule has 0 amide bonds. The van der Waals surface area contributed by atoms with E-state index < -0.39 is 5.97 Å². The number of carbonyl (C=O) groups is 1. The molecule has 0 saturated heterocycles. The third-order valence-electron chi connectivity index (χ3n) is 3.68. The number of carboxylic acids is 1. The monoisotopic (exact) mass is 311 g/mol. The van der Waals surface area contributed by atoms with Crippen molar-refractivity contribution in [3.8, 4) is 0 Å². The Kier molecular flexibility index (Phi) is 5.41. The highest BCUT2D eigenvalue weighted by molar-refractivity contribution is 5.87. The van der Waals surface area contributed by atoms with E-state index in [2.05, 4.69) is 0 Å². The Morgan fingerprint density at radius 1 is 1.35 bits per heavy atom. The van der Waals surface area contributed by atoms with Crippen LogP contribution in [-0.4, -0.2) is 17.7 Å². The van der Waals surface area contributed by atoms with Crippen LogP contribution in [0.1, 0.15) is 19.4 Å². The zero-order valence-electron chi connectivity index (χ0n) is 13.3. The molecule has 0 heterocycles. The van der Waals surface area contributed by atoms with Crippen molar-refractivity contribution in [1.82, 2.24) is 0 Å². The predicted molar refractivity (Wildman–Crippen MR) is 91.3 cm³/mol. The topological polar surface area (TPSA) is 72.5 Å². The number of hydrogen-bond acceptors (Lipinski definition) is 3. The molecule has 2 rings (SSSR count). The van der Waals surface area contributed by atoms with Crippen molar-refractivity contribution in [2.45, 2.75) is 13.8 Å². The van der Waals surface area contributed by atoms with Crippen molar-refractivity contribution in [2.75, 3.05) is 6.61 Å². The van der Waals surface area contributed by atoms with E-state index in [0.717, 1.165) is 11.1 Å². The van der Waals surface area contributed by atoms with Crippen LogP contribution in [0.5, 0.6) is 0 Å². The Morgan fingerprint density at radius 3 is 2.65 bits per heavy atom. The van der Waals surface area contributed by atoms with Gasteiger partial charge in [-0.1, -0.05) is 42.5 Å². The highest BCUT2D eigenvalue weighted by atomic mass is 16.5. The number of aliphatic carboxylic acids is 1. The van der Waals surface area contributed by atoms with E-state index in [4.69, 9.17) is 10.5 Å². The van der Waals surface area contributed by atoms with E-state index in [1.807, 2.05) is 61.6 Å². The van der Waals surface area contributed by atoms with Gasteiger partial charge in [0.15, 0.2) is 0 Å². The third-order valence-corrected chi connectivity index (χ3v) is 3.68. The number of hydrogen-bond donors (Lipinski definition) is 2. The van der Waals surface area contributed by atoms with Crippen molar-refractivity contribution in [3.63, 3.8) is 0 Å². The lowest BCUT2D eigenvalue weighted by Crippen LogP contribution is -2.20. The summed E-state index contributed by atoms with van der Waals surface area (Å²) in [5, 5.41) is 9.20. The molecule has 23 heavy (non-hydrogen) atoms. The molecule has 0 spiro atoms. The first kappa shape index (κ1) is 16.6. The molecule has 3 N–H and O–H groups in total. The molecule has 1 aliphatic carbocycles. The number of carboxylic acid groups (broad SMARTS) is 1. The van der Waals surface area contributed by atoms with Gasteiger partial charge in [0.1, 0.15) is 5.76 Å². The van der Waals surface area contributed by atoms with Crippen LogP contribution >= 0.6 is 0 Å². The number of benzene rings is 1. The van der Waals surface area contributed by atoms with Crippen LogP contribution in [0.3, 0.4) is 0 Å². The van der Waals surface area contributed by atoms with Gasteiger partial charge in [0.2, 0.25) is 0 Å². The van der Waals surface area contributed by atoms with E-state index in [9.17, 15) is 9.90 Å². The molecule has 0 saturated carbocycles. The lowest BCUT2D eigenvalue weighted by Gasteiger charge is -2.24. The lowest BCUT2D eigenvalue weighted by molar-refractivity contribution is -0.132. The average Bonchev–Trinajstić information content (AvgIpc) is 2.56. The van der Waals surface area contributed by atoms with Crippen molar-refractivity contribution >= 4 is 12.0 Å². The summed E-state index contributed by atoms with van der Waals surface area (Å²) in [7, 11) is 0. The van der Waals surface area contributed by atoms with Crippen LogP contribution in [0, 0.1) is 5.92 Å². The second-order valence-corrected chi connectivity index (χ2v) is 5.22. The highest BCUT2D eigenvalue weighted by Gasteiger charge is 2.24. The largest absolute Gasteiger partial charge is 0.494 e. The fraction of sp³-hybridized carbons (Fsp3) is 0.211. The first-order chi connectivity index (χ1) is 11.0. The standard InChI is InChI=1S/C19H21NO3/c1-3-23-17-11-7-10-15(18(20)13(2)19(21)22)16(17)12-14-8-5-4-6-9-14/h4-12,15H,3,20H2,1-2H3,(H,21,22). The van der Waals surface area contributed by atoms with Crippen molar-refractivity contribution in [1.29, 1.82) is 0 Å². The zero-order chi connectivity index (χ0) is 16.8. The normalized spacial score (nSPS) is 20.0. The summed E-state index contributed by atoms with van der Waals surface area (Å²) in [5.74, 6) is -0.620. The fourth-order valence-electron chi connectivity index (χ4n) is 2.41. The average molecular weight is 311 g/mol. The number of ether oxygens (including phenoxy) is 1. The molecule has 120 valence electrons. The van der Waals surface area contributed by atoms with Gasteiger partial charge in [-0.05, 0) is 31.6 Å². The van der Waals surface area contributed by atoms with E-state index >= 15 is 0 Å². The minimum Gasteiger partial charge on any atom is -0.494 e. The summed E-state index contributed by atoms with van der Waals surface area (Å²) < 4.78 is 5.70. The summed E-state index contributed by atoms with van der Waals surface area (Å²) in [5.41, 5.74) is 8.46. The summed E-state index contributed by atoms with van der Waals surface area (Å²) in [4.78, 5) is 11.2. The van der Waals surface area contributed by atoms with Gasteiger partial charge in [-0.3, -0.25) is 0 Å². The quantitative estimate of drug-likeness (QED) is 0.816. The molecule has 4 heteroatoms. The Labute approximate surface area is 136 Å². The number of nitrogens with two attached hydrogens (primary N) is 1. The van der Waals surface area contributed by atoms with Crippen LogP contribution in [0.25, 0.3) is 6.08 Å². The van der Waals surface area contributed by atoms with E-state index in [0.29, 0.717) is 18.1 Å². The second-order valence-electron chi connectivity index (χ2n) is 5.22. The van der Waals surface area contributed by atoms with E-state index in [-0.39, 0.29) is 11.5 Å². The summed E-state index contributed by atoms with van der Waals surface area (Å²) in [6, 6.07) is 9.81. The maximum atomic E-state index is 11.2. The van der Waals surface area contributed by atoms with Crippen LogP contribution < -0.4 is 5.73 Å². The molecule has 0 radical (unpaired) electrons. The van der Waals surface area contributed by atoms with Gasteiger partial charge < -0.3 is 15.6 Å². The predicted octanol–water partition coefficient (Wildman–Crippen LogP) is 3.49. The number of rotatable bonds is 5. The molecule has 1 aromatic rings. The van der Waals surface area contributed by atoms with Crippen LogP contribution in [-0.2, 0) is 9.53 Å².